The quantitative estimate of drug-likeness (QED) is 0.451. The van der Waals surface area contributed by atoms with Crippen LogP contribution in [0.1, 0.15) is 25.7 Å². The molecule has 8 heteroatoms. The van der Waals surface area contributed by atoms with Crippen LogP contribution in [0.15, 0.2) is 53.3 Å². The molecule has 7 nitrogen and oxygen atoms in total. The van der Waals surface area contributed by atoms with Gasteiger partial charge >= 0.3 is 0 Å². The predicted octanol–water partition coefficient (Wildman–Crippen LogP) is 4.87. The number of nitrogens with zero attached hydrogens (tertiary/aromatic N) is 6. The number of aromatic nitrogens is 5. The SMILES string of the molecule is Nc1ncnc2nc(-c3ccc(N4CCCCCC4)nn3)cc(-c3cccc(Br)c3)c12. The molecule has 0 amide bonds. The van der Waals surface area contributed by atoms with E-state index in [0.29, 0.717) is 22.9 Å². The average Bonchev–Trinajstić information content (AvgIpc) is 3.08. The van der Waals surface area contributed by atoms with E-state index < -0.39 is 0 Å². The van der Waals surface area contributed by atoms with Crippen molar-refractivity contribution < 1.29 is 0 Å². The molecule has 0 bridgehead atoms. The summed E-state index contributed by atoms with van der Waals surface area (Å²) < 4.78 is 0.980. The van der Waals surface area contributed by atoms with Gasteiger partial charge in [0, 0.05) is 17.6 Å². The lowest BCUT2D eigenvalue weighted by molar-refractivity contribution is 0.726. The van der Waals surface area contributed by atoms with Crippen LogP contribution in [0.2, 0.25) is 0 Å². The van der Waals surface area contributed by atoms with E-state index in [0.717, 1.165) is 39.9 Å². The maximum absolute atomic E-state index is 6.20. The molecule has 1 aromatic carbocycles. The Labute approximate surface area is 188 Å². The normalized spacial score (nSPS) is 14.5. The minimum absolute atomic E-state index is 0.404. The highest BCUT2D eigenvalue weighted by Crippen LogP contribution is 2.34. The minimum Gasteiger partial charge on any atom is -0.383 e. The summed E-state index contributed by atoms with van der Waals surface area (Å²) >= 11 is 3.55. The predicted molar refractivity (Wildman–Crippen MR) is 127 cm³/mol. The molecule has 156 valence electrons. The number of nitrogen functional groups attached to an aromatic ring is 1. The molecule has 1 fully saturated rings. The summed E-state index contributed by atoms with van der Waals surface area (Å²) in [5, 5.41) is 9.74. The standard InChI is InChI=1S/C23H22BrN7/c24-16-7-5-6-15(12-16)17-13-19(28-23-21(17)22(25)26-14-27-23)18-8-9-20(30-29-18)31-10-3-1-2-4-11-31/h5-9,12-14H,1-4,10-11H2,(H2,25,26,27,28). The fourth-order valence-electron chi connectivity index (χ4n) is 4.03. The first-order valence-corrected chi connectivity index (χ1v) is 11.2. The molecule has 1 saturated heterocycles. The molecule has 0 saturated carbocycles. The first-order valence-electron chi connectivity index (χ1n) is 10.5. The summed E-state index contributed by atoms with van der Waals surface area (Å²) in [5.74, 6) is 1.33. The van der Waals surface area contributed by atoms with Gasteiger partial charge in [-0.25, -0.2) is 15.0 Å². The van der Waals surface area contributed by atoms with Crippen LogP contribution in [-0.4, -0.2) is 38.2 Å². The Bertz CT molecular complexity index is 1220. The second-order valence-electron chi connectivity index (χ2n) is 7.70. The Hall–Kier alpha value is -3.13. The van der Waals surface area contributed by atoms with Gasteiger partial charge < -0.3 is 10.6 Å². The Morgan fingerprint density at radius 2 is 1.71 bits per heavy atom. The molecule has 31 heavy (non-hydrogen) atoms. The molecule has 3 aromatic heterocycles. The molecule has 2 N–H and O–H groups in total. The maximum atomic E-state index is 6.20. The van der Waals surface area contributed by atoms with Gasteiger partial charge in [0.2, 0.25) is 0 Å². The van der Waals surface area contributed by atoms with Crippen LogP contribution in [0.4, 0.5) is 11.6 Å². The lowest BCUT2D eigenvalue weighted by atomic mass is 10.0. The Balaban J connectivity index is 1.59. The van der Waals surface area contributed by atoms with E-state index in [-0.39, 0.29) is 0 Å². The molecule has 1 aliphatic rings. The monoisotopic (exact) mass is 475 g/mol. The smallest absolute Gasteiger partial charge is 0.165 e. The van der Waals surface area contributed by atoms with Crippen molar-refractivity contribution in [1.29, 1.82) is 0 Å². The van der Waals surface area contributed by atoms with Gasteiger partial charge in [-0.3, -0.25) is 0 Å². The van der Waals surface area contributed by atoms with Crippen LogP contribution in [0.5, 0.6) is 0 Å². The highest BCUT2D eigenvalue weighted by atomic mass is 79.9. The lowest BCUT2D eigenvalue weighted by Gasteiger charge is -2.20. The second kappa shape index (κ2) is 8.55. The van der Waals surface area contributed by atoms with Gasteiger partial charge in [0.25, 0.3) is 0 Å². The van der Waals surface area contributed by atoms with Crippen molar-refractivity contribution in [3.05, 3.63) is 53.3 Å². The number of hydrogen-bond acceptors (Lipinski definition) is 7. The first kappa shape index (κ1) is 19.8. The van der Waals surface area contributed by atoms with Crippen LogP contribution < -0.4 is 10.6 Å². The zero-order chi connectivity index (χ0) is 21.2. The molecular formula is C23H22BrN7. The fraction of sp³-hybridized carbons (Fsp3) is 0.261. The van der Waals surface area contributed by atoms with Crippen molar-refractivity contribution in [3.8, 4) is 22.5 Å². The Kier molecular flexibility index (Phi) is 5.46. The van der Waals surface area contributed by atoms with Gasteiger partial charge in [0.15, 0.2) is 11.5 Å². The van der Waals surface area contributed by atoms with Crippen molar-refractivity contribution in [2.45, 2.75) is 25.7 Å². The number of halogens is 1. The zero-order valence-electron chi connectivity index (χ0n) is 17.0. The number of hydrogen-bond donors (Lipinski definition) is 1. The fourth-order valence-corrected chi connectivity index (χ4v) is 4.43. The third kappa shape index (κ3) is 4.07. The van der Waals surface area contributed by atoms with Gasteiger partial charge in [0.1, 0.15) is 17.8 Å². The van der Waals surface area contributed by atoms with Crippen molar-refractivity contribution in [2.75, 3.05) is 23.7 Å². The third-order valence-electron chi connectivity index (χ3n) is 5.61. The van der Waals surface area contributed by atoms with Crippen LogP contribution in [0, 0.1) is 0 Å². The van der Waals surface area contributed by atoms with E-state index in [2.05, 4.69) is 41.0 Å². The van der Waals surface area contributed by atoms with E-state index in [9.17, 15) is 0 Å². The maximum Gasteiger partial charge on any atom is 0.165 e. The van der Waals surface area contributed by atoms with Gasteiger partial charge in [-0.2, -0.15) is 0 Å². The number of anilines is 2. The van der Waals surface area contributed by atoms with E-state index in [1.54, 1.807) is 0 Å². The molecule has 0 aliphatic carbocycles. The van der Waals surface area contributed by atoms with Crippen LogP contribution in [0.3, 0.4) is 0 Å². The molecule has 4 heterocycles. The van der Waals surface area contributed by atoms with Crippen LogP contribution in [-0.2, 0) is 0 Å². The molecule has 1 aliphatic heterocycles. The number of nitrogens with two attached hydrogens (primary N) is 1. The van der Waals surface area contributed by atoms with Crippen molar-refractivity contribution in [3.63, 3.8) is 0 Å². The summed E-state index contributed by atoms with van der Waals surface area (Å²) in [5.41, 5.74) is 10.1. The molecule has 0 atom stereocenters. The zero-order valence-corrected chi connectivity index (χ0v) is 18.6. The number of fused-ring (bicyclic) bond motifs is 1. The molecule has 0 spiro atoms. The summed E-state index contributed by atoms with van der Waals surface area (Å²) in [6.45, 7) is 2.07. The van der Waals surface area contributed by atoms with Gasteiger partial charge in [-0.05, 0) is 54.3 Å². The second-order valence-corrected chi connectivity index (χ2v) is 8.62. The Morgan fingerprint density at radius 3 is 2.45 bits per heavy atom. The lowest BCUT2D eigenvalue weighted by Crippen LogP contribution is -2.25. The molecule has 0 radical (unpaired) electrons. The molecule has 5 rings (SSSR count). The molecule has 0 unspecified atom stereocenters. The highest BCUT2D eigenvalue weighted by Gasteiger charge is 2.16. The number of rotatable bonds is 3. The van der Waals surface area contributed by atoms with Crippen molar-refractivity contribution in [1.82, 2.24) is 25.1 Å². The molecular weight excluding hydrogens is 454 g/mol. The van der Waals surface area contributed by atoms with Crippen molar-refractivity contribution >= 4 is 38.6 Å². The summed E-state index contributed by atoms with van der Waals surface area (Å²) in [6.07, 6.45) is 6.41. The van der Waals surface area contributed by atoms with Gasteiger partial charge in [-0.1, -0.05) is 40.9 Å². The minimum atomic E-state index is 0.404. The Morgan fingerprint density at radius 1 is 0.871 bits per heavy atom. The van der Waals surface area contributed by atoms with Crippen LogP contribution >= 0.6 is 15.9 Å². The van der Waals surface area contributed by atoms with E-state index in [1.807, 2.05) is 42.5 Å². The summed E-state index contributed by atoms with van der Waals surface area (Å²) in [6, 6.07) is 14.0. The first-order chi connectivity index (χ1) is 15.2. The van der Waals surface area contributed by atoms with E-state index >= 15 is 0 Å². The number of benzene rings is 1. The van der Waals surface area contributed by atoms with Crippen LogP contribution in [0.25, 0.3) is 33.5 Å². The largest absolute Gasteiger partial charge is 0.383 e. The topological polar surface area (TPSA) is 93.7 Å². The summed E-state index contributed by atoms with van der Waals surface area (Å²) in [4.78, 5) is 15.6. The number of pyridine rings is 1. The van der Waals surface area contributed by atoms with Gasteiger partial charge in [-0.15, -0.1) is 10.2 Å². The van der Waals surface area contributed by atoms with Crippen molar-refractivity contribution in [2.24, 2.45) is 0 Å². The van der Waals surface area contributed by atoms with E-state index in [4.69, 9.17) is 10.7 Å². The highest BCUT2D eigenvalue weighted by molar-refractivity contribution is 9.10. The van der Waals surface area contributed by atoms with Gasteiger partial charge in [0.05, 0.1) is 11.1 Å². The van der Waals surface area contributed by atoms with E-state index in [1.165, 1.54) is 32.0 Å². The third-order valence-corrected chi connectivity index (χ3v) is 6.11. The molecule has 4 aromatic rings. The summed E-state index contributed by atoms with van der Waals surface area (Å²) in [7, 11) is 0. The average molecular weight is 476 g/mol.